The molecule has 4 nitrogen and oxygen atoms in total. The molecule has 2 amide bonds. The van der Waals surface area contributed by atoms with Gasteiger partial charge in [0.15, 0.2) is 0 Å². The Morgan fingerprint density at radius 3 is 2.62 bits per heavy atom. The maximum absolute atomic E-state index is 12.3. The molecule has 1 aromatic carbocycles. The predicted octanol–water partition coefficient (Wildman–Crippen LogP) is 3.37. The van der Waals surface area contributed by atoms with Crippen LogP contribution in [-0.2, 0) is 4.79 Å². The molecule has 3 unspecified atom stereocenters. The summed E-state index contributed by atoms with van der Waals surface area (Å²) in [7, 11) is 0. The van der Waals surface area contributed by atoms with Crippen LogP contribution >= 0.6 is 0 Å². The van der Waals surface area contributed by atoms with Crippen molar-refractivity contribution in [1.29, 1.82) is 0 Å². The summed E-state index contributed by atoms with van der Waals surface area (Å²) in [4.78, 5) is 25.8. The highest BCUT2D eigenvalue weighted by molar-refractivity contribution is 5.97. The normalized spacial score (nSPS) is 28.6. The molecular formula is C20H26N2O2. The Kier molecular flexibility index (Phi) is 4.30. The third kappa shape index (κ3) is 3.06. The smallest absolute Gasteiger partial charge is 0.251 e. The molecule has 4 rings (SSSR count). The van der Waals surface area contributed by atoms with Crippen LogP contribution in [0.2, 0.25) is 0 Å². The Balaban J connectivity index is 1.27. The molecule has 0 spiro atoms. The van der Waals surface area contributed by atoms with Gasteiger partial charge in [-0.3, -0.25) is 9.59 Å². The molecule has 1 heterocycles. The Bertz CT molecular complexity index is 625. The largest absolute Gasteiger partial charge is 0.352 e. The van der Waals surface area contributed by atoms with E-state index in [4.69, 9.17) is 0 Å². The summed E-state index contributed by atoms with van der Waals surface area (Å²) in [6.07, 6.45) is 8.30. The van der Waals surface area contributed by atoms with E-state index in [9.17, 15) is 9.59 Å². The molecule has 128 valence electrons. The minimum absolute atomic E-state index is 0.00236. The summed E-state index contributed by atoms with van der Waals surface area (Å²) < 4.78 is 0. The molecule has 2 saturated carbocycles. The van der Waals surface area contributed by atoms with Gasteiger partial charge in [0.2, 0.25) is 5.91 Å². The number of amides is 2. The summed E-state index contributed by atoms with van der Waals surface area (Å²) in [6, 6.07) is 7.42. The van der Waals surface area contributed by atoms with Crippen molar-refractivity contribution in [3.05, 3.63) is 29.8 Å². The van der Waals surface area contributed by atoms with Gasteiger partial charge in [0, 0.05) is 30.8 Å². The Hall–Kier alpha value is -1.84. The van der Waals surface area contributed by atoms with Gasteiger partial charge in [-0.25, -0.2) is 0 Å². The molecule has 4 heteroatoms. The summed E-state index contributed by atoms with van der Waals surface area (Å²) in [6.45, 7) is 1.56. The number of fused-ring (bicyclic) bond motifs is 2. The van der Waals surface area contributed by atoms with Crippen molar-refractivity contribution in [2.24, 2.45) is 17.8 Å². The average Bonchev–Trinajstić information content (AvgIpc) is 3.32. The van der Waals surface area contributed by atoms with Gasteiger partial charge in [-0.1, -0.05) is 6.42 Å². The molecule has 24 heavy (non-hydrogen) atoms. The Labute approximate surface area is 143 Å². The van der Waals surface area contributed by atoms with Gasteiger partial charge in [0.05, 0.1) is 0 Å². The fourth-order valence-electron chi connectivity index (χ4n) is 4.92. The first kappa shape index (κ1) is 15.7. The van der Waals surface area contributed by atoms with Crippen molar-refractivity contribution in [1.82, 2.24) is 5.32 Å². The van der Waals surface area contributed by atoms with Gasteiger partial charge < -0.3 is 10.2 Å². The SMILES string of the molecule is O=C(NCCC1CC2CCC1C2)c1ccc(N2CCCC2=O)cc1. The van der Waals surface area contributed by atoms with Crippen LogP contribution in [0.4, 0.5) is 5.69 Å². The van der Waals surface area contributed by atoms with Gasteiger partial charge >= 0.3 is 0 Å². The van der Waals surface area contributed by atoms with Crippen LogP contribution in [0.5, 0.6) is 0 Å². The zero-order valence-corrected chi connectivity index (χ0v) is 14.2. The van der Waals surface area contributed by atoms with Crippen LogP contribution in [0.15, 0.2) is 24.3 Å². The van der Waals surface area contributed by atoms with Crippen molar-refractivity contribution in [3.63, 3.8) is 0 Å². The second kappa shape index (κ2) is 6.58. The van der Waals surface area contributed by atoms with E-state index in [1.165, 1.54) is 25.7 Å². The first-order valence-corrected chi connectivity index (χ1v) is 9.39. The predicted molar refractivity (Wildman–Crippen MR) is 93.9 cm³/mol. The van der Waals surface area contributed by atoms with Crippen LogP contribution in [-0.4, -0.2) is 24.9 Å². The summed E-state index contributed by atoms with van der Waals surface area (Å²) >= 11 is 0. The number of benzene rings is 1. The lowest BCUT2D eigenvalue weighted by atomic mass is 9.86. The number of hydrogen-bond acceptors (Lipinski definition) is 2. The summed E-state index contributed by atoms with van der Waals surface area (Å²) in [5.41, 5.74) is 1.58. The minimum Gasteiger partial charge on any atom is -0.352 e. The number of carbonyl (C=O) groups is 2. The molecule has 1 N–H and O–H groups in total. The fraction of sp³-hybridized carbons (Fsp3) is 0.600. The molecule has 3 atom stereocenters. The maximum Gasteiger partial charge on any atom is 0.251 e. The first-order valence-electron chi connectivity index (χ1n) is 9.39. The molecule has 1 aliphatic heterocycles. The lowest BCUT2D eigenvalue weighted by molar-refractivity contribution is -0.117. The molecule has 3 fully saturated rings. The van der Waals surface area contributed by atoms with Crippen molar-refractivity contribution in [2.45, 2.75) is 44.9 Å². The van der Waals surface area contributed by atoms with E-state index >= 15 is 0 Å². The standard InChI is InChI=1S/C20H26N2O2/c23-19-2-1-11-22(19)18-7-5-15(6-8-18)20(24)21-10-9-17-13-14-3-4-16(17)12-14/h5-8,14,16-17H,1-4,9-13H2,(H,21,24). The van der Waals surface area contributed by atoms with Crippen molar-refractivity contribution < 1.29 is 9.59 Å². The topological polar surface area (TPSA) is 49.4 Å². The van der Waals surface area contributed by atoms with Crippen LogP contribution in [0, 0.1) is 17.8 Å². The molecule has 0 aromatic heterocycles. The number of carbonyl (C=O) groups excluding carboxylic acids is 2. The van der Waals surface area contributed by atoms with E-state index < -0.39 is 0 Å². The summed E-state index contributed by atoms with van der Waals surface area (Å²) in [5, 5.41) is 3.06. The van der Waals surface area contributed by atoms with Gasteiger partial charge in [-0.05, 0) is 74.1 Å². The van der Waals surface area contributed by atoms with E-state index in [0.717, 1.165) is 49.4 Å². The van der Waals surface area contributed by atoms with Crippen LogP contribution in [0.25, 0.3) is 0 Å². The highest BCUT2D eigenvalue weighted by atomic mass is 16.2. The van der Waals surface area contributed by atoms with Crippen molar-refractivity contribution in [2.75, 3.05) is 18.0 Å². The van der Waals surface area contributed by atoms with E-state index in [1.54, 1.807) is 4.90 Å². The van der Waals surface area contributed by atoms with Crippen LogP contribution in [0.3, 0.4) is 0 Å². The third-order valence-corrected chi connectivity index (χ3v) is 6.20. The van der Waals surface area contributed by atoms with E-state index in [-0.39, 0.29) is 11.8 Å². The highest BCUT2D eigenvalue weighted by Crippen LogP contribution is 2.49. The summed E-state index contributed by atoms with van der Waals surface area (Å²) in [5.74, 6) is 2.89. The second-order valence-corrected chi connectivity index (χ2v) is 7.68. The number of rotatable bonds is 5. The Morgan fingerprint density at radius 1 is 1.17 bits per heavy atom. The number of anilines is 1. The van der Waals surface area contributed by atoms with Crippen molar-refractivity contribution in [3.8, 4) is 0 Å². The van der Waals surface area contributed by atoms with Gasteiger partial charge in [-0.15, -0.1) is 0 Å². The van der Waals surface area contributed by atoms with E-state index in [1.807, 2.05) is 24.3 Å². The lowest BCUT2D eigenvalue weighted by Crippen LogP contribution is -2.27. The zero-order valence-electron chi connectivity index (χ0n) is 14.2. The van der Waals surface area contributed by atoms with Gasteiger partial charge in [0.25, 0.3) is 5.91 Å². The molecule has 2 bridgehead atoms. The fourth-order valence-corrected chi connectivity index (χ4v) is 4.92. The second-order valence-electron chi connectivity index (χ2n) is 7.68. The lowest BCUT2D eigenvalue weighted by Gasteiger charge is -2.21. The molecule has 3 aliphatic rings. The molecule has 1 saturated heterocycles. The zero-order chi connectivity index (χ0) is 16.5. The molecule has 0 radical (unpaired) electrons. The molecule has 2 aliphatic carbocycles. The van der Waals surface area contributed by atoms with Crippen LogP contribution in [0.1, 0.15) is 55.3 Å². The monoisotopic (exact) mass is 326 g/mol. The maximum atomic E-state index is 12.3. The molecular weight excluding hydrogens is 300 g/mol. The van der Waals surface area contributed by atoms with E-state index in [2.05, 4.69) is 5.32 Å². The van der Waals surface area contributed by atoms with Crippen LogP contribution < -0.4 is 10.2 Å². The van der Waals surface area contributed by atoms with Crippen molar-refractivity contribution >= 4 is 17.5 Å². The van der Waals surface area contributed by atoms with E-state index in [0.29, 0.717) is 12.0 Å². The minimum atomic E-state index is -0.00236. The average molecular weight is 326 g/mol. The molecule has 1 aromatic rings. The third-order valence-electron chi connectivity index (χ3n) is 6.20. The number of hydrogen-bond donors (Lipinski definition) is 1. The number of nitrogens with zero attached hydrogens (tertiary/aromatic N) is 1. The first-order chi connectivity index (χ1) is 11.7. The quantitative estimate of drug-likeness (QED) is 0.902. The van der Waals surface area contributed by atoms with Gasteiger partial charge in [-0.2, -0.15) is 0 Å². The Morgan fingerprint density at radius 2 is 2.00 bits per heavy atom. The highest BCUT2D eigenvalue weighted by Gasteiger charge is 2.38. The number of nitrogens with one attached hydrogen (secondary N) is 1. The van der Waals surface area contributed by atoms with Gasteiger partial charge in [0.1, 0.15) is 0 Å².